The van der Waals surface area contributed by atoms with Gasteiger partial charge in [-0.2, -0.15) is 5.10 Å². The average Bonchev–Trinajstić information content (AvgIpc) is 3.10. The van der Waals surface area contributed by atoms with Crippen LogP contribution < -0.4 is 10.9 Å². The summed E-state index contributed by atoms with van der Waals surface area (Å²) in [4.78, 5) is 15.5. The number of H-pyrrole nitrogens is 2. The number of hydrogen-bond acceptors (Lipinski definition) is 5. The van der Waals surface area contributed by atoms with Gasteiger partial charge < -0.3 is 14.9 Å². The van der Waals surface area contributed by atoms with Gasteiger partial charge in [-0.1, -0.05) is 0 Å². The number of fused-ring (bicyclic) bond motifs is 2. The second-order valence-corrected chi connectivity index (χ2v) is 8.45. The summed E-state index contributed by atoms with van der Waals surface area (Å²) < 4.78 is 14.6. The number of pyridine rings is 1. The van der Waals surface area contributed by atoms with Gasteiger partial charge in [-0.3, -0.25) is 9.89 Å². The van der Waals surface area contributed by atoms with E-state index in [2.05, 4.69) is 41.3 Å². The molecule has 7 nitrogen and oxygen atoms in total. The standard InChI is InChI=1S/C17H19N5O2S/c1-17(2,3)22-9-10-8-11(4-5-13(10)25(22)24)19-15-14-12(20-21-15)6-7-18-16(14)23/h4-8H,9H2,1-3H3,(H,18,23)(H2,19,20,21). The third kappa shape index (κ3) is 2.72. The summed E-state index contributed by atoms with van der Waals surface area (Å²) in [7, 11) is 0. The van der Waals surface area contributed by atoms with Gasteiger partial charge in [0.25, 0.3) is 5.56 Å². The van der Waals surface area contributed by atoms with Crippen molar-refractivity contribution in [2.75, 3.05) is 5.32 Å². The third-order valence-electron chi connectivity index (χ3n) is 4.26. The maximum absolute atomic E-state index is 12.6. The van der Waals surface area contributed by atoms with E-state index in [1.54, 1.807) is 12.3 Å². The normalized spacial score (nSPS) is 17.8. The Bertz CT molecular complexity index is 1000. The molecule has 0 bridgehead atoms. The van der Waals surface area contributed by atoms with Crippen LogP contribution >= 0.6 is 0 Å². The van der Waals surface area contributed by atoms with Crippen molar-refractivity contribution in [1.29, 1.82) is 0 Å². The highest BCUT2D eigenvalue weighted by Gasteiger charge is 2.41. The largest absolute Gasteiger partial charge is 0.593 e. The predicted molar refractivity (Wildman–Crippen MR) is 98.1 cm³/mol. The molecule has 3 N–H and O–H groups in total. The number of benzene rings is 1. The Balaban J connectivity index is 1.67. The molecule has 0 spiro atoms. The Morgan fingerprint density at radius 2 is 2.12 bits per heavy atom. The van der Waals surface area contributed by atoms with Crippen LogP contribution in [-0.4, -0.2) is 29.6 Å². The lowest BCUT2D eigenvalue weighted by Crippen LogP contribution is -2.41. The maximum Gasteiger partial charge on any atom is 0.261 e. The van der Waals surface area contributed by atoms with Crippen LogP contribution in [0.15, 0.2) is 40.2 Å². The molecule has 0 radical (unpaired) electrons. The predicted octanol–water partition coefficient (Wildman–Crippen LogP) is 2.63. The fraction of sp³-hybridized carbons (Fsp3) is 0.294. The first-order chi connectivity index (χ1) is 11.8. The number of anilines is 2. The summed E-state index contributed by atoms with van der Waals surface area (Å²) in [6, 6.07) is 7.47. The van der Waals surface area contributed by atoms with Crippen molar-refractivity contribution in [2.24, 2.45) is 0 Å². The third-order valence-corrected chi connectivity index (χ3v) is 6.11. The fourth-order valence-electron chi connectivity index (χ4n) is 2.98. The summed E-state index contributed by atoms with van der Waals surface area (Å²) in [5.74, 6) is 0.476. The van der Waals surface area contributed by atoms with Crippen LogP contribution in [0.1, 0.15) is 26.3 Å². The Kier molecular flexibility index (Phi) is 3.64. The van der Waals surface area contributed by atoms with Crippen LogP contribution in [-0.2, 0) is 17.9 Å². The molecular formula is C17H19N5O2S. The minimum absolute atomic E-state index is 0.177. The van der Waals surface area contributed by atoms with Crippen molar-refractivity contribution in [2.45, 2.75) is 37.8 Å². The molecule has 1 aliphatic rings. The highest BCUT2D eigenvalue weighted by Crippen LogP contribution is 2.37. The quantitative estimate of drug-likeness (QED) is 0.612. The molecule has 0 saturated heterocycles. The highest BCUT2D eigenvalue weighted by atomic mass is 32.2. The van der Waals surface area contributed by atoms with E-state index in [-0.39, 0.29) is 11.1 Å². The van der Waals surface area contributed by atoms with Crippen molar-refractivity contribution in [3.05, 3.63) is 46.4 Å². The first-order valence-corrected chi connectivity index (χ1v) is 9.10. The summed E-state index contributed by atoms with van der Waals surface area (Å²) in [5.41, 5.74) is 2.13. The van der Waals surface area contributed by atoms with E-state index in [4.69, 9.17) is 0 Å². The van der Waals surface area contributed by atoms with E-state index in [9.17, 15) is 9.35 Å². The Hall–Kier alpha value is -2.29. The van der Waals surface area contributed by atoms with Crippen molar-refractivity contribution in [3.8, 4) is 0 Å². The average molecular weight is 357 g/mol. The lowest BCUT2D eigenvalue weighted by atomic mass is 10.1. The molecule has 0 saturated carbocycles. The van der Waals surface area contributed by atoms with Crippen LogP contribution in [0.4, 0.5) is 11.5 Å². The SMILES string of the molecule is CC(C)(C)N1Cc2cc(Nc3n[nH]c4cc[nH]c(=O)c34)ccc2[S+]1[O-]. The van der Waals surface area contributed by atoms with E-state index < -0.39 is 11.4 Å². The Morgan fingerprint density at radius 1 is 1.32 bits per heavy atom. The van der Waals surface area contributed by atoms with E-state index in [0.717, 1.165) is 16.1 Å². The monoisotopic (exact) mass is 357 g/mol. The van der Waals surface area contributed by atoms with Crippen LogP contribution in [0.5, 0.6) is 0 Å². The molecular weight excluding hydrogens is 338 g/mol. The minimum Gasteiger partial charge on any atom is -0.593 e. The zero-order chi connectivity index (χ0) is 17.8. The molecule has 1 aliphatic heterocycles. The molecule has 3 aromatic rings. The van der Waals surface area contributed by atoms with Crippen LogP contribution in [0, 0.1) is 0 Å². The van der Waals surface area contributed by atoms with Crippen LogP contribution in [0.3, 0.4) is 0 Å². The van der Waals surface area contributed by atoms with Crippen molar-refractivity contribution in [3.63, 3.8) is 0 Å². The van der Waals surface area contributed by atoms with Crippen molar-refractivity contribution >= 4 is 33.8 Å². The first-order valence-electron chi connectivity index (χ1n) is 8.00. The zero-order valence-electron chi connectivity index (χ0n) is 14.2. The Morgan fingerprint density at radius 3 is 2.88 bits per heavy atom. The number of rotatable bonds is 2. The Labute approximate surface area is 147 Å². The van der Waals surface area contributed by atoms with Gasteiger partial charge in [-0.15, -0.1) is 4.31 Å². The van der Waals surface area contributed by atoms with Crippen LogP contribution in [0.2, 0.25) is 0 Å². The molecule has 130 valence electrons. The van der Waals surface area contributed by atoms with Gasteiger partial charge in [-0.05, 0) is 45.0 Å². The summed E-state index contributed by atoms with van der Waals surface area (Å²) in [6.45, 7) is 6.79. The number of hydrogen-bond donors (Lipinski definition) is 3. The highest BCUT2D eigenvalue weighted by molar-refractivity contribution is 7.89. The van der Waals surface area contributed by atoms with Gasteiger partial charge in [0.1, 0.15) is 5.39 Å². The van der Waals surface area contributed by atoms with Gasteiger partial charge in [-0.25, -0.2) is 0 Å². The van der Waals surface area contributed by atoms with Crippen molar-refractivity contribution < 1.29 is 4.55 Å². The number of aromatic nitrogens is 3. The molecule has 8 heteroatoms. The molecule has 0 amide bonds. The van der Waals surface area contributed by atoms with Gasteiger partial charge in [0.05, 0.1) is 29.0 Å². The summed E-state index contributed by atoms with van der Waals surface area (Å²) in [6.07, 6.45) is 1.58. The molecule has 1 atom stereocenters. The summed E-state index contributed by atoms with van der Waals surface area (Å²) in [5, 5.41) is 10.7. The minimum atomic E-state index is -1.15. The molecule has 25 heavy (non-hydrogen) atoms. The van der Waals surface area contributed by atoms with Gasteiger partial charge in [0, 0.05) is 17.4 Å². The lowest BCUT2D eigenvalue weighted by Gasteiger charge is -2.29. The molecule has 4 rings (SSSR count). The van der Waals surface area contributed by atoms with Gasteiger partial charge in [0.2, 0.25) is 0 Å². The second-order valence-electron chi connectivity index (χ2n) is 7.07. The number of nitrogens with zero attached hydrogens (tertiary/aromatic N) is 2. The summed E-state index contributed by atoms with van der Waals surface area (Å²) >= 11 is -1.15. The zero-order valence-corrected chi connectivity index (χ0v) is 15.0. The molecule has 3 heterocycles. The fourth-order valence-corrected chi connectivity index (χ4v) is 4.50. The van der Waals surface area contributed by atoms with Gasteiger partial charge in [0.15, 0.2) is 10.7 Å². The molecule has 0 aliphatic carbocycles. The van der Waals surface area contributed by atoms with Crippen molar-refractivity contribution in [1.82, 2.24) is 19.5 Å². The van der Waals surface area contributed by atoms with E-state index in [1.807, 2.05) is 22.5 Å². The van der Waals surface area contributed by atoms with Gasteiger partial charge >= 0.3 is 0 Å². The van der Waals surface area contributed by atoms with E-state index >= 15 is 0 Å². The first kappa shape index (κ1) is 16.2. The molecule has 2 aromatic heterocycles. The number of nitrogens with one attached hydrogen (secondary N) is 3. The van der Waals surface area contributed by atoms with Crippen LogP contribution in [0.25, 0.3) is 10.9 Å². The topological polar surface area (TPSA) is 99.9 Å². The van der Waals surface area contributed by atoms with E-state index in [0.29, 0.717) is 23.3 Å². The maximum atomic E-state index is 12.6. The lowest BCUT2D eigenvalue weighted by molar-refractivity contribution is 0.252. The smallest absolute Gasteiger partial charge is 0.261 e. The second kappa shape index (κ2) is 5.62. The van der Waals surface area contributed by atoms with E-state index in [1.165, 1.54) is 0 Å². The molecule has 1 aromatic carbocycles. The number of aromatic amines is 2. The molecule has 0 fully saturated rings. The molecule has 1 unspecified atom stereocenters.